The minimum Gasteiger partial charge on any atom is -0.467 e. The lowest BCUT2D eigenvalue weighted by Crippen LogP contribution is -2.38. The Balaban J connectivity index is 1.93. The first kappa shape index (κ1) is 11.2. The predicted octanol–water partition coefficient (Wildman–Crippen LogP) is 0.608. The van der Waals surface area contributed by atoms with Crippen molar-refractivity contribution in [2.75, 3.05) is 13.2 Å². The number of hydrogen-bond acceptors (Lipinski definition) is 4. The van der Waals surface area contributed by atoms with Gasteiger partial charge >= 0.3 is 0 Å². The topological polar surface area (TPSA) is 71.7 Å². The Hall–Kier alpha value is -1.33. The van der Waals surface area contributed by atoms with Crippen LogP contribution in [-0.2, 0) is 9.53 Å². The molecule has 1 aromatic rings. The molecule has 1 amide bonds. The minimum absolute atomic E-state index is 0.187. The Kier molecular flexibility index (Phi) is 3.58. The standard InChI is InChI=1S/C11H15NO4/c13-7-8(9-3-1-5-15-9)12-11(14)10-4-2-6-16-10/h1,3,5,8,10,13H,2,4,6-7H2,(H,12,14). The summed E-state index contributed by atoms with van der Waals surface area (Å²) in [6.07, 6.45) is 2.77. The lowest BCUT2D eigenvalue weighted by Gasteiger charge is -2.16. The van der Waals surface area contributed by atoms with Gasteiger partial charge in [-0.25, -0.2) is 0 Å². The van der Waals surface area contributed by atoms with Crippen LogP contribution in [0.5, 0.6) is 0 Å². The van der Waals surface area contributed by atoms with Gasteiger partial charge in [-0.05, 0) is 25.0 Å². The summed E-state index contributed by atoms with van der Waals surface area (Å²) in [5.41, 5.74) is 0. The van der Waals surface area contributed by atoms with Crippen LogP contribution in [0.4, 0.5) is 0 Å². The summed E-state index contributed by atoms with van der Waals surface area (Å²) in [6, 6.07) is 2.94. The molecule has 0 bridgehead atoms. The molecule has 2 heterocycles. The predicted molar refractivity (Wildman–Crippen MR) is 55.7 cm³/mol. The van der Waals surface area contributed by atoms with Crippen molar-refractivity contribution in [3.05, 3.63) is 24.2 Å². The molecule has 2 atom stereocenters. The molecule has 5 nitrogen and oxygen atoms in total. The number of rotatable bonds is 4. The van der Waals surface area contributed by atoms with E-state index in [9.17, 15) is 9.90 Å². The first-order valence-corrected chi connectivity index (χ1v) is 5.37. The number of carbonyl (C=O) groups is 1. The molecule has 0 radical (unpaired) electrons. The first-order valence-electron chi connectivity index (χ1n) is 5.37. The summed E-state index contributed by atoms with van der Waals surface area (Å²) in [5, 5.41) is 11.9. The molecule has 0 aromatic carbocycles. The van der Waals surface area contributed by atoms with Crippen LogP contribution >= 0.6 is 0 Å². The summed E-state index contributed by atoms with van der Waals surface area (Å²) in [7, 11) is 0. The van der Waals surface area contributed by atoms with Gasteiger partial charge in [-0.15, -0.1) is 0 Å². The van der Waals surface area contributed by atoms with Crippen molar-refractivity contribution in [1.82, 2.24) is 5.32 Å². The quantitative estimate of drug-likeness (QED) is 0.787. The Morgan fingerprint density at radius 2 is 2.56 bits per heavy atom. The molecule has 1 fully saturated rings. The van der Waals surface area contributed by atoms with Gasteiger partial charge in [0.05, 0.1) is 12.9 Å². The van der Waals surface area contributed by atoms with Crippen molar-refractivity contribution in [2.45, 2.75) is 25.0 Å². The lowest BCUT2D eigenvalue weighted by atomic mass is 10.2. The Bertz CT molecular complexity index is 330. The maximum atomic E-state index is 11.7. The molecule has 16 heavy (non-hydrogen) atoms. The van der Waals surface area contributed by atoms with Crippen molar-refractivity contribution in [3.63, 3.8) is 0 Å². The summed E-state index contributed by atoms with van der Waals surface area (Å²) in [4.78, 5) is 11.7. The van der Waals surface area contributed by atoms with Crippen LogP contribution in [0.3, 0.4) is 0 Å². The number of nitrogens with one attached hydrogen (secondary N) is 1. The van der Waals surface area contributed by atoms with Crippen LogP contribution in [0.25, 0.3) is 0 Å². The van der Waals surface area contributed by atoms with Gasteiger partial charge in [0.25, 0.3) is 0 Å². The number of aliphatic hydroxyl groups is 1. The smallest absolute Gasteiger partial charge is 0.249 e. The molecule has 1 aliphatic heterocycles. The average Bonchev–Trinajstić information content (AvgIpc) is 2.96. The van der Waals surface area contributed by atoms with Gasteiger partial charge in [0, 0.05) is 6.61 Å². The van der Waals surface area contributed by atoms with Gasteiger partial charge in [-0.2, -0.15) is 0 Å². The van der Waals surface area contributed by atoms with Crippen LogP contribution in [0.1, 0.15) is 24.6 Å². The molecule has 2 unspecified atom stereocenters. The molecule has 0 saturated carbocycles. The van der Waals surface area contributed by atoms with E-state index in [1.165, 1.54) is 6.26 Å². The highest BCUT2D eigenvalue weighted by Gasteiger charge is 2.26. The Morgan fingerprint density at radius 3 is 3.12 bits per heavy atom. The molecule has 2 rings (SSSR count). The van der Waals surface area contributed by atoms with Crippen molar-refractivity contribution >= 4 is 5.91 Å². The molecular formula is C11H15NO4. The highest BCUT2D eigenvalue weighted by Crippen LogP contribution is 2.16. The Labute approximate surface area is 93.4 Å². The minimum atomic E-state index is -0.494. The van der Waals surface area contributed by atoms with Crippen molar-refractivity contribution in [3.8, 4) is 0 Å². The highest BCUT2D eigenvalue weighted by molar-refractivity contribution is 5.81. The van der Waals surface area contributed by atoms with E-state index >= 15 is 0 Å². The number of furan rings is 1. The van der Waals surface area contributed by atoms with Crippen LogP contribution in [0.2, 0.25) is 0 Å². The van der Waals surface area contributed by atoms with E-state index in [1.54, 1.807) is 12.1 Å². The van der Waals surface area contributed by atoms with Gasteiger partial charge in [0.2, 0.25) is 5.91 Å². The fourth-order valence-corrected chi connectivity index (χ4v) is 1.75. The number of hydrogen-bond donors (Lipinski definition) is 2. The van der Waals surface area contributed by atoms with E-state index in [1.807, 2.05) is 0 Å². The zero-order valence-electron chi connectivity index (χ0n) is 8.89. The third-order valence-corrected chi connectivity index (χ3v) is 2.61. The summed E-state index contributed by atoms with van der Waals surface area (Å²) in [6.45, 7) is 0.439. The van der Waals surface area contributed by atoms with Crippen LogP contribution in [0, 0.1) is 0 Å². The number of ether oxygens (including phenoxy) is 1. The van der Waals surface area contributed by atoms with Crippen LogP contribution in [-0.4, -0.2) is 30.3 Å². The molecular weight excluding hydrogens is 210 g/mol. The highest BCUT2D eigenvalue weighted by atomic mass is 16.5. The monoisotopic (exact) mass is 225 g/mol. The van der Waals surface area contributed by atoms with Crippen molar-refractivity contribution in [2.24, 2.45) is 0 Å². The van der Waals surface area contributed by atoms with Crippen molar-refractivity contribution < 1.29 is 19.1 Å². The molecule has 5 heteroatoms. The van der Waals surface area contributed by atoms with E-state index in [2.05, 4.69) is 5.32 Å². The maximum absolute atomic E-state index is 11.7. The summed E-state index contributed by atoms with van der Waals surface area (Å²) < 4.78 is 10.4. The zero-order valence-corrected chi connectivity index (χ0v) is 8.89. The van der Waals surface area contributed by atoms with Crippen LogP contribution in [0.15, 0.2) is 22.8 Å². The first-order chi connectivity index (χ1) is 7.81. The Morgan fingerprint density at radius 1 is 1.69 bits per heavy atom. The molecule has 1 saturated heterocycles. The van der Waals surface area contributed by atoms with E-state index in [-0.39, 0.29) is 18.6 Å². The normalized spacial score (nSPS) is 21.9. The molecule has 1 aliphatic rings. The number of amides is 1. The fraction of sp³-hybridized carbons (Fsp3) is 0.545. The van der Waals surface area contributed by atoms with E-state index in [0.29, 0.717) is 12.4 Å². The second-order valence-corrected chi connectivity index (χ2v) is 3.76. The second-order valence-electron chi connectivity index (χ2n) is 3.76. The van der Waals surface area contributed by atoms with E-state index in [4.69, 9.17) is 9.15 Å². The maximum Gasteiger partial charge on any atom is 0.249 e. The van der Waals surface area contributed by atoms with Gasteiger partial charge in [-0.3, -0.25) is 4.79 Å². The molecule has 1 aromatic heterocycles. The second kappa shape index (κ2) is 5.14. The van der Waals surface area contributed by atoms with Gasteiger partial charge in [0.1, 0.15) is 17.9 Å². The SMILES string of the molecule is O=C(NC(CO)c1ccco1)C1CCCO1. The van der Waals surface area contributed by atoms with Gasteiger partial charge in [-0.1, -0.05) is 0 Å². The summed E-state index contributed by atoms with van der Waals surface area (Å²) in [5.74, 6) is 0.363. The molecule has 0 spiro atoms. The van der Waals surface area contributed by atoms with Crippen molar-refractivity contribution in [1.29, 1.82) is 0 Å². The third kappa shape index (κ3) is 2.43. The number of aliphatic hydroxyl groups excluding tert-OH is 1. The van der Waals surface area contributed by atoms with Gasteiger partial charge in [0.15, 0.2) is 0 Å². The zero-order chi connectivity index (χ0) is 11.4. The van der Waals surface area contributed by atoms with E-state index in [0.717, 1.165) is 12.8 Å². The number of carbonyl (C=O) groups excluding carboxylic acids is 1. The molecule has 0 aliphatic carbocycles. The fourth-order valence-electron chi connectivity index (χ4n) is 1.75. The third-order valence-electron chi connectivity index (χ3n) is 2.61. The van der Waals surface area contributed by atoms with Gasteiger partial charge < -0.3 is 19.6 Å². The van der Waals surface area contributed by atoms with Crippen LogP contribution < -0.4 is 5.32 Å². The molecule has 2 N–H and O–H groups in total. The molecule has 88 valence electrons. The van der Waals surface area contributed by atoms with E-state index < -0.39 is 6.04 Å². The average molecular weight is 225 g/mol. The largest absolute Gasteiger partial charge is 0.467 e. The lowest BCUT2D eigenvalue weighted by molar-refractivity contribution is -0.131. The summed E-state index contributed by atoms with van der Waals surface area (Å²) >= 11 is 0.